The van der Waals surface area contributed by atoms with Crippen LogP contribution in [0.25, 0.3) is 65.7 Å². The minimum Gasteiger partial charge on any atom is -0.312 e. The standard InChI is InChI=1S/3C17H12.7C3H9N.9C2H6/c3*1-2-9-15-13(5-1)11-14-8-3-6-12-7-4-10-16(15)17(12)14;7*1-4(2)3;9*1-2/h3*1-10H,11H2;7*1-3H3;9*1-2H3. The summed E-state index contributed by atoms with van der Waals surface area (Å²) >= 11 is 0. The second-order valence-corrected chi connectivity index (χ2v) is 23.4. The lowest BCUT2D eigenvalue weighted by molar-refractivity contribution is 0.505. The van der Waals surface area contributed by atoms with Crippen LogP contribution in [-0.4, -0.2) is 182 Å². The van der Waals surface area contributed by atoms with Crippen LogP contribution in [0.2, 0.25) is 0 Å². The van der Waals surface area contributed by atoms with E-state index < -0.39 is 0 Å². The average molecular weight is 1330 g/mol. The van der Waals surface area contributed by atoms with Crippen molar-refractivity contribution in [3.63, 3.8) is 0 Å². The van der Waals surface area contributed by atoms with E-state index >= 15 is 0 Å². The zero-order valence-electron chi connectivity index (χ0n) is 70.6. The Balaban J connectivity index is -0.000000193. The van der Waals surface area contributed by atoms with Crippen LogP contribution in [-0.2, 0) is 19.3 Å². The van der Waals surface area contributed by atoms with Crippen molar-refractivity contribution in [3.05, 3.63) is 215 Å². The molecule has 3 aliphatic rings. The SMILES string of the molecule is CC.CC.CC.CC.CC.CC.CC.CC.CC.CN(C)C.CN(C)C.CN(C)C.CN(C)C.CN(C)C.CN(C)C.CN(C)C.c1ccc2c(c1)Cc1cccc3cccc-2c13.c1ccc2c(c1)Cc1cccc3cccc-2c13.c1ccc2c(c1)Cc1cccc3cccc-2c13. The topological polar surface area (TPSA) is 22.7 Å². The van der Waals surface area contributed by atoms with Crippen LogP contribution in [0.5, 0.6) is 0 Å². The number of hydrogen-bond acceptors (Lipinski definition) is 7. The third kappa shape index (κ3) is 45.6. The lowest BCUT2D eigenvalue weighted by atomic mass is 9.84. The molecule has 0 N–H and O–H groups in total. The molecule has 0 aromatic heterocycles. The van der Waals surface area contributed by atoms with E-state index in [2.05, 4.69) is 182 Å². The van der Waals surface area contributed by atoms with Gasteiger partial charge in [0.25, 0.3) is 0 Å². The molecule has 0 radical (unpaired) electrons. The number of nitrogens with zero attached hydrogens (tertiary/aromatic N) is 7. The first kappa shape index (κ1) is 104. The Morgan fingerprint density at radius 3 is 0.443 bits per heavy atom. The Morgan fingerprint density at radius 1 is 0.155 bits per heavy atom. The molecule has 3 aliphatic carbocycles. The minimum absolute atomic E-state index is 1.06. The van der Waals surface area contributed by atoms with Crippen molar-refractivity contribution in [2.24, 2.45) is 0 Å². The van der Waals surface area contributed by atoms with Crippen molar-refractivity contribution in [2.75, 3.05) is 148 Å². The quantitative estimate of drug-likeness (QED) is 0.149. The Morgan fingerprint density at radius 2 is 0.278 bits per heavy atom. The summed E-state index contributed by atoms with van der Waals surface area (Å²) in [5, 5.41) is 8.38. The molecular weight excluding hydrogens is 1180 g/mol. The van der Waals surface area contributed by atoms with Crippen LogP contribution in [0.4, 0.5) is 0 Å². The van der Waals surface area contributed by atoms with Gasteiger partial charge >= 0.3 is 0 Å². The molecule has 7 nitrogen and oxygen atoms in total. The predicted octanol–water partition coefficient (Wildman–Crippen LogP) is 23.7. The van der Waals surface area contributed by atoms with Gasteiger partial charge in [0.05, 0.1) is 0 Å². The van der Waals surface area contributed by atoms with Crippen molar-refractivity contribution in [3.8, 4) is 33.4 Å². The molecule has 0 bridgehead atoms. The van der Waals surface area contributed by atoms with Gasteiger partial charge < -0.3 is 34.3 Å². The summed E-state index contributed by atoms with van der Waals surface area (Å²) in [4.78, 5) is 14.0. The van der Waals surface area contributed by atoms with Gasteiger partial charge in [-0.3, -0.25) is 0 Å². The molecule has 0 fully saturated rings. The van der Waals surface area contributed by atoms with Crippen molar-refractivity contribution in [1.29, 1.82) is 0 Å². The van der Waals surface area contributed by atoms with Gasteiger partial charge in [0.2, 0.25) is 0 Å². The third-order valence-corrected chi connectivity index (χ3v) is 11.0. The predicted molar refractivity (Wildman–Crippen MR) is 456 cm³/mol. The average Bonchev–Trinajstić information content (AvgIpc) is 0.779. The van der Waals surface area contributed by atoms with Crippen LogP contribution in [0.3, 0.4) is 0 Å². The highest BCUT2D eigenvalue weighted by Crippen LogP contribution is 2.41. The second kappa shape index (κ2) is 68.0. The molecule has 9 aromatic rings. The maximum atomic E-state index is 2.25. The largest absolute Gasteiger partial charge is 0.312 e. The van der Waals surface area contributed by atoms with Gasteiger partial charge in [-0.2, -0.15) is 0 Å². The zero-order chi connectivity index (χ0) is 76.8. The molecule has 9 aromatic carbocycles. The molecule has 0 aliphatic heterocycles. The summed E-state index contributed by atoms with van der Waals surface area (Å²) in [7, 11) is 42.0. The van der Waals surface area contributed by atoms with Crippen LogP contribution in [0, 0.1) is 0 Å². The Bertz CT molecular complexity index is 2790. The van der Waals surface area contributed by atoms with E-state index in [4.69, 9.17) is 0 Å². The first-order valence-electron chi connectivity index (χ1n) is 36.5. The molecule has 0 heterocycles. The van der Waals surface area contributed by atoms with Crippen molar-refractivity contribution < 1.29 is 0 Å². The molecule has 0 amide bonds. The fourth-order valence-corrected chi connectivity index (χ4v) is 8.80. The van der Waals surface area contributed by atoms with Gasteiger partial charge in [0.15, 0.2) is 0 Å². The highest BCUT2D eigenvalue weighted by atomic mass is 15.0. The van der Waals surface area contributed by atoms with Crippen molar-refractivity contribution in [1.82, 2.24) is 34.3 Å². The van der Waals surface area contributed by atoms with E-state index in [9.17, 15) is 0 Å². The van der Waals surface area contributed by atoms with Gasteiger partial charge in [0, 0.05) is 0 Å². The molecular formula is C90H153N7. The Hall–Kier alpha value is -6.52. The third-order valence-electron chi connectivity index (χ3n) is 11.0. The Labute approximate surface area is 603 Å². The van der Waals surface area contributed by atoms with Gasteiger partial charge in [-0.15, -0.1) is 0 Å². The molecule has 0 saturated heterocycles. The van der Waals surface area contributed by atoms with E-state index in [0.717, 1.165) is 19.3 Å². The lowest BCUT2D eigenvalue weighted by Crippen LogP contribution is -2.00. The summed E-state index contributed by atoms with van der Waals surface area (Å²) in [5.41, 5.74) is 17.1. The molecule has 0 unspecified atom stereocenters. The molecule has 97 heavy (non-hydrogen) atoms. The molecule has 0 spiro atoms. The summed E-state index contributed by atoms with van der Waals surface area (Å²) in [6.07, 6.45) is 3.18. The van der Waals surface area contributed by atoms with Gasteiger partial charge in [0.1, 0.15) is 0 Å². The van der Waals surface area contributed by atoms with E-state index in [-0.39, 0.29) is 0 Å². The molecule has 0 atom stereocenters. The van der Waals surface area contributed by atoms with E-state index in [1.807, 2.05) is 307 Å². The van der Waals surface area contributed by atoms with E-state index in [0.29, 0.717) is 0 Å². The monoisotopic (exact) mass is 1330 g/mol. The first-order valence-corrected chi connectivity index (χ1v) is 36.5. The fraction of sp³-hybridized carbons (Fsp3) is 0.467. The smallest absolute Gasteiger partial charge is 0.00132 e. The second-order valence-electron chi connectivity index (χ2n) is 23.4. The number of hydrogen-bond donors (Lipinski definition) is 0. The summed E-state index contributed by atoms with van der Waals surface area (Å²) in [5.74, 6) is 0. The van der Waals surface area contributed by atoms with E-state index in [1.165, 1.54) is 99.1 Å². The lowest BCUT2D eigenvalue weighted by Gasteiger charge is -2.20. The van der Waals surface area contributed by atoms with Gasteiger partial charge in [-0.05, 0) is 266 Å². The summed E-state index contributed by atoms with van der Waals surface area (Å²) in [6, 6.07) is 65.9. The maximum Gasteiger partial charge on any atom is -0.00132 e. The minimum atomic E-state index is 1.06. The van der Waals surface area contributed by atoms with Crippen molar-refractivity contribution >= 4 is 32.3 Å². The Kier molecular flexibility index (Phi) is 72.9. The highest BCUT2D eigenvalue weighted by molar-refractivity contribution is 6.03. The molecule has 12 rings (SSSR count). The van der Waals surface area contributed by atoms with Crippen LogP contribution >= 0.6 is 0 Å². The summed E-state index contributed by atoms with van der Waals surface area (Å²) in [6.45, 7) is 36.0. The van der Waals surface area contributed by atoms with E-state index in [1.54, 1.807) is 0 Å². The number of fused-ring (bicyclic) bond motifs is 6. The maximum absolute atomic E-state index is 2.25. The normalized spacial score (nSPS) is 9.71. The van der Waals surface area contributed by atoms with Gasteiger partial charge in [-0.25, -0.2) is 0 Å². The first-order chi connectivity index (χ1) is 46.4. The molecule has 0 saturated carbocycles. The highest BCUT2D eigenvalue weighted by Gasteiger charge is 2.19. The van der Waals surface area contributed by atoms with Crippen LogP contribution in [0.15, 0.2) is 182 Å². The van der Waals surface area contributed by atoms with Crippen LogP contribution in [0.1, 0.15) is 158 Å². The van der Waals surface area contributed by atoms with Crippen LogP contribution < -0.4 is 0 Å². The van der Waals surface area contributed by atoms with Gasteiger partial charge in [-0.1, -0.05) is 307 Å². The summed E-state index contributed by atoms with van der Waals surface area (Å²) < 4.78 is 0. The fourth-order valence-electron chi connectivity index (χ4n) is 8.80. The zero-order valence-corrected chi connectivity index (χ0v) is 70.6. The number of rotatable bonds is 0. The number of benzene rings is 9. The molecule has 548 valence electrons. The van der Waals surface area contributed by atoms with Crippen molar-refractivity contribution in [2.45, 2.75) is 144 Å². The molecule has 7 heteroatoms.